The molecule has 9 heteroatoms. The van der Waals surface area contributed by atoms with Crippen LogP contribution in [-0.2, 0) is 21.2 Å². The van der Waals surface area contributed by atoms with Gasteiger partial charge in [-0.25, -0.2) is 0 Å². The molecule has 0 bridgehead atoms. The first-order valence-corrected chi connectivity index (χ1v) is 12.1. The van der Waals surface area contributed by atoms with E-state index in [0.717, 1.165) is 23.7 Å². The Hall–Kier alpha value is -3.04. The Balaban J connectivity index is 1.97. The Bertz CT molecular complexity index is 1190. The van der Waals surface area contributed by atoms with E-state index in [-0.39, 0.29) is 22.5 Å². The highest BCUT2D eigenvalue weighted by molar-refractivity contribution is 8.19. The molecule has 7 nitrogen and oxygen atoms in total. The number of thioether (sulfide) groups is 1. The van der Waals surface area contributed by atoms with E-state index in [2.05, 4.69) is 11.0 Å². The largest absolute Gasteiger partial charge is 0.493 e. The molecule has 2 aromatic rings. The maximum absolute atomic E-state index is 13.0. The molecule has 0 spiro atoms. The SMILES string of the molecule is C=CCN1C(=O)/C(=C/c2ccc(OC)c(OC)c2)S/C1=N/S(=O)(=O)c1ccc(CC)cc1. The molecular formula is C23H24N2O5S2. The highest BCUT2D eigenvalue weighted by Crippen LogP contribution is 2.35. The number of hydrogen-bond acceptors (Lipinski definition) is 6. The van der Waals surface area contributed by atoms with Crippen molar-refractivity contribution in [2.24, 2.45) is 4.40 Å². The molecule has 1 aliphatic heterocycles. The smallest absolute Gasteiger partial charge is 0.284 e. The number of nitrogens with zero attached hydrogens (tertiary/aromatic N) is 2. The molecule has 0 unspecified atom stereocenters. The average Bonchev–Trinajstić information content (AvgIpc) is 3.07. The lowest BCUT2D eigenvalue weighted by atomic mass is 10.2. The Labute approximate surface area is 192 Å². The molecule has 0 radical (unpaired) electrons. The fourth-order valence-electron chi connectivity index (χ4n) is 3.01. The number of amidine groups is 1. The maximum Gasteiger partial charge on any atom is 0.284 e. The van der Waals surface area contributed by atoms with Crippen molar-refractivity contribution in [2.45, 2.75) is 18.2 Å². The van der Waals surface area contributed by atoms with Crippen molar-refractivity contribution < 1.29 is 22.7 Å². The third kappa shape index (κ3) is 5.05. The summed E-state index contributed by atoms with van der Waals surface area (Å²) in [6.07, 6.45) is 3.99. The van der Waals surface area contributed by atoms with Gasteiger partial charge >= 0.3 is 0 Å². The quantitative estimate of drug-likeness (QED) is 0.425. The molecule has 0 aromatic heterocycles. The van der Waals surface area contributed by atoms with E-state index in [9.17, 15) is 13.2 Å². The van der Waals surface area contributed by atoms with Gasteiger partial charge in [-0.3, -0.25) is 9.69 Å². The van der Waals surface area contributed by atoms with Crippen molar-refractivity contribution in [1.82, 2.24) is 4.90 Å². The van der Waals surface area contributed by atoms with Gasteiger partial charge in [0, 0.05) is 6.54 Å². The minimum absolute atomic E-state index is 0.0751. The minimum Gasteiger partial charge on any atom is -0.493 e. The third-order valence-corrected chi connectivity index (χ3v) is 7.14. The van der Waals surface area contributed by atoms with Crippen molar-refractivity contribution in [3.05, 3.63) is 71.2 Å². The molecular weight excluding hydrogens is 448 g/mol. The van der Waals surface area contributed by atoms with Crippen LogP contribution in [0.5, 0.6) is 11.5 Å². The van der Waals surface area contributed by atoms with E-state index in [4.69, 9.17) is 9.47 Å². The zero-order chi connectivity index (χ0) is 23.3. The van der Waals surface area contributed by atoms with Crippen LogP contribution in [-0.4, -0.2) is 45.2 Å². The summed E-state index contributed by atoms with van der Waals surface area (Å²) in [6.45, 7) is 5.79. The Kier molecular flexibility index (Phi) is 7.42. The van der Waals surface area contributed by atoms with Gasteiger partial charge in [-0.1, -0.05) is 31.2 Å². The van der Waals surface area contributed by atoms with E-state index < -0.39 is 10.0 Å². The average molecular weight is 473 g/mol. The molecule has 1 saturated heterocycles. The van der Waals surface area contributed by atoms with Crippen LogP contribution in [0.2, 0.25) is 0 Å². The Morgan fingerprint density at radius 2 is 1.78 bits per heavy atom. The molecule has 0 atom stereocenters. The standard InChI is InChI=1S/C23H24N2O5S2/c1-5-13-25-22(26)21(15-17-9-12-19(29-3)20(14-17)30-4)31-23(25)24-32(27,28)18-10-7-16(6-2)8-11-18/h5,7-12,14-15H,1,6,13H2,2-4H3/b21-15-,24-23+. The lowest BCUT2D eigenvalue weighted by molar-refractivity contribution is -0.121. The van der Waals surface area contributed by atoms with Crippen LogP contribution in [0.1, 0.15) is 18.1 Å². The zero-order valence-corrected chi connectivity index (χ0v) is 19.7. The molecule has 1 fully saturated rings. The van der Waals surface area contributed by atoms with Crippen LogP contribution in [0.25, 0.3) is 6.08 Å². The van der Waals surface area contributed by atoms with E-state index in [0.29, 0.717) is 22.0 Å². The van der Waals surface area contributed by atoms with Gasteiger partial charge in [0.2, 0.25) is 0 Å². The number of amides is 1. The fraction of sp³-hybridized carbons (Fsp3) is 0.217. The molecule has 32 heavy (non-hydrogen) atoms. The molecule has 0 aliphatic carbocycles. The highest BCUT2D eigenvalue weighted by Gasteiger charge is 2.34. The second-order valence-electron chi connectivity index (χ2n) is 6.78. The summed E-state index contributed by atoms with van der Waals surface area (Å²) >= 11 is 1.00. The van der Waals surface area contributed by atoms with Gasteiger partial charge in [0.25, 0.3) is 15.9 Å². The summed E-state index contributed by atoms with van der Waals surface area (Å²) in [5.41, 5.74) is 1.73. The first-order chi connectivity index (χ1) is 15.3. The van der Waals surface area contributed by atoms with Crippen LogP contribution in [0, 0.1) is 0 Å². The van der Waals surface area contributed by atoms with Crippen LogP contribution in [0.15, 0.2) is 69.3 Å². The van der Waals surface area contributed by atoms with Crippen molar-refractivity contribution in [1.29, 1.82) is 0 Å². The molecule has 168 valence electrons. The zero-order valence-electron chi connectivity index (χ0n) is 18.1. The van der Waals surface area contributed by atoms with Gasteiger partial charge < -0.3 is 9.47 Å². The maximum atomic E-state index is 13.0. The molecule has 2 aromatic carbocycles. The van der Waals surface area contributed by atoms with Crippen LogP contribution in [0.3, 0.4) is 0 Å². The summed E-state index contributed by atoms with van der Waals surface area (Å²) in [7, 11) is -0.917. The van der Waals surface area contributed by atoms with Gasteiger partial charge in [-0.2, -0.15) is 8.42 Å². The number of carbonyl (C=O) groups is 1. The molecule has 3 rings (SSSR count). The minimum atomic E-state index is -3.98. The summed E-state index contributed by atoms with van der Waals surface area (Å²) in [5, 5.41) is 0.0844. The summed E-state index contributed by atoms with van der Waals surface area (Å²) in [5.74, 6) is 0.739. The van der Waals surface area contributed by atoms with Crippen LogP contribution >= 0.6 is 11.8 Å². The van der Waals surface area contributed by atoms with Gasteiger partial charge in [-0.15, -0.1) is 11.0 Å². The number of ether oxygens (including phenoxy) is 2. The third-order valence-electron chi connectivity index (χ3n) is 4.73. The van der Waals surface area contributed by atoms with Gasteiger partial charge in [0.15, 0.2) is 16.7 Å². The van der Waals surface area contributed by atoms with Gasteiger partial charge in [0.1, 0.15) is 0 Å². The van der Waals surface area contributed by atoms with E-state index in [1.807, 2.05) is 6.92 Å². The lowest BCUT2D eigenvalue weighted by Gasteiger charge is -2.12. The van der Waals surface area contributed by atoms with Crippen molar-refractivity contribution in [3.63, 3.8) is 0 Å². The first kappa shape index (κ1) is 23.6. The monoisotopic (exact) mass is 472 g/mol. The van der Waals surface area contributed by atoms with Crippen molar-refractivity contribution >= 4 is 38.9 Å². The Morgan fingerprint density at radius 1 is 1.09 bits per heavy atom. The van der Waals surface area contributed by atoms with Gasteiger partial charge in [0.05, 0.1) is 24.0 Å². The first-order valence-electron chi connectivity index (χ1n) is 9.81. The number of carbonyl (C=O) groups excluding carboxylic acids is 1. The normalized spacial score (nSPS) is 16.6. The predicted octanol–water partition coefficient (Wildman–Crippen LogP) is 4.11. The second-order valence-corrected chi connectivity index (χ2v) is 9.39. The number of rotatable bonds is 8. The second kappa shape index (κ2) is 10.1. The summed E-state index contributed by atoms with van der Waals surface area (Å²) in [4.78, 5) is 14.7. The molecule has 0 saturated carbocycles. The molecule has 1 amide bonds. The number of hydrogen-bond donors (Lipinski definition) is 0. The van der Waals surface area contributed by atoms with Crippen molar-refractivity contribution in [2.75, 3.05) is 20.8 Å². The molecule has 1 aliphatic rings. The van der Waals surface area contributed by atoms with E-state index in [1.54, 1.807) is 43.5 Å². The fourth-order valence-corrected chi connectivity index (χ4v) is 5.20. The topological polar surface area (TPSA) is 85.3 Å². The predicted molar refractivity (Wildman–Crippen MR) is 127 cm³/mol. The van der Waals surface area contributed by atoms with E-state index >= 15 is 0 Å². The lowest BCUT2D eigenvalue weighted by Crippen LogP contribution is -2.29. The number of methoxy groups -OCH3 is 2. The van der Waals surface area contributed by atoms with E-state index in [1.165, 1.54) is 30.2 Å². The molecule has 0 N–H and O–H groups in total. The van der Waals surface area contributed by atoms with Crippen LogP contribution < -0.4 is 9.47 Å². The highest BCUT2D eigenvalue weighted by atomic mass is 32.2. The van der Waals surface area contributed by atoms with Gasteiger partial charge in [-0.05, 0) is 59.7 Å². The summed E-state index contributed by atoms with van der Waals surface area (Å²) in [6, 6.07) is 11.8. The Morgan fingerprint density at radius 3 is 2.38 bits per heavy atom. The number of sulfonamides is 1. The van der Waals surface area contributed by atoms with Crippen molar-refractivity contribution in [3.8, 4) is 11.5 Å². The number of benzene rings is 2. The number of aryl methyl sites for hydroxylation is 1. The molecule has 1 heterocycles. The van der Waals surface area contributed by atoms with Crippen LogP contribution in [0.4, 0.5) is 0 Å². The summed E-state index contributed by atoms with van der Waals surface area (Å²) < 4.78 is 40.2.